The van der Waals surface area contributed by atoms with Crippen LogP contribution in [0.5, 0.6) is 5.75 Å². The van der Waals surface area contributed by atoms with E-state index in [2.05, 4.69) is 5.32 Å². The number of hydrogen-bond donors (Lipinski definition) is 4. The van der Waals surface area contributed by atoms with Gasteiger partial charge in [-0.2, -0.15) is 0 Å². The van der Waals surface area contributed by atoms with Crippen molar-refractivity contribution in [3.63, 3.8) is 0 Å². The van der Waals surface area contributed by atoms with Gasteiger partial charge in [-0.25, -0.2) is 4.79 Å². The quantitative estimate of drug-likeness (QED) is 0.176. The summed E-state index contributed by atoms with van der Waals surface area (Å²) in [7, 11) is -3.20. The van der Waals surface area contributed by atoms with Crippen molar-refractivity contribution in [3.8, 4) is 5.75 Å². The van der Waals surface area contributed by atoms with Gasteiger partial charge in [0.25, 0.3) is 5.91 Å². The van der Waals surface area contributed by atoms with Crippen LogP contribution in [0.4, 0.5) is 0 Å². The molecule has 0 saturated carbocycles. The lowest BCUT2D eigenvalue weighted by atomic mass is 9.93. The number of phenolic OH excluding ortho intramolecular Hbond substituents is 1. The van der Waals surface area contributed by atoms with Crippen LogP contribution < -0.4 is 5.32 Å². The first-order valence-electron chi connectivity index (χ1n) is 12.9. The van der Waals surface area contributed by atoms with Gasteiger partial charge in [0, 0.05) is 18.2 Å². The van der Waals surface area contributed by atoms with Gasteiger partial charge in [-0.3, -0.25) is 9.36 Å². The molecule has 0 fully saturated rings. The molecule has 9 nitrogen and oxygen atoms in total. The number of benzene rings is 2. The van der Waals surface area contributed by atoms with Gasteiger partial charge in [0.15, 0.2) is 13.1 Å². The molecule has 0 aliphatic carbocycles. The Bertz CT molecular complexity index is 1210. The summed E-state index contributed by atoms with van der Waals surface area (Å²) in [5, 5.41) is 23.0. The van der Waals surface area contributed by atoms with E-state index in [9.17, 15) is 29.3 Å². The number of aliphatic hydroxyl groups is 1. The molecule has 10 heteroatoms. The Morgan fingerprint density at radius 2 is 1.64 bits per heavy atom. The molecule has 0 saturated heterocycles. The number of carbonyl (C=O) groups excluding carboxylic acids is 2. The van der Waals surface area contributed by atoms with Crippen molar-refractivity contribution in [1.82, 2.24) is 5.32 Å². The number of ether oxygens (including phenoxy) is 2. The number of nitrogens with one attached hydrogen (secondary N) is 1. The molecule has 0 heterocycles. The molecule has 3 unspecified atom stereocenters. The monoisotopic (exact) mass is 563 g/mol. The molecule has 0 spiro atoms. The molecule has 0 bridgehead atoms. The molecule has 4 N–H and O–H groups in total. The van der Waals surface area contributed by atoms with Crippen LogP contribution in [0.15, 0.2) is 30.3 Å². The molecular formula is C29H42NO8P. The number of amides is 1. The number of rotatable bonds is 11. The van der Waals surface area contributed by atoms with Crippen molar-refractivity contribution in [3.05, 3.63) is 63.7 Å². The molecule has 1 amide bonds. The zero-order valence-electron chi connectivity index (χ0n) is 24.1. The Balaban J connectivity index is 2.18. The van der Waals surface area contributed by atoms with Crippen molar-refractivity contribution in [2.24, 2.45) is 11.3 Å². The maximum atomic E-state index is 13.1. The summed E-state index contributed by atoms with van der Waals surface area (Å²) in [4.78, 5) is 35.5. The first-order valence-corrected chi connectivity index (χ1v) is 15.2. The second-order valence-electron chi connectivity index (χ2n) is 11.6. The third-order valence-corrected chi connectivity index (χ3v) is 7.25. The average molecular weight is 564 g/mol. The average Bonchev–Trinajstić information content (AvgIpc) is 2.78. The van der Waals surface area contributed by atoms with Crippen LogP contribution in [0.1, 0.15) is 72.8 Å². The predicted octanol–water partition coefficient (Wildman–Crippen LogP) is 4.64. The molecule has 2 rings (SSSR count). The number of aromatic hydroxyl groups is 1. The fourth-order valence-electron chi connectivity index (χ4n) is 4.08. The second kappa shape index (κ2) is 13.1. The van der Waals surface area contributed by atoms with Crippen LogP contribution in [0, 0.1) is 25.2 Å². The lowest BCUT2D eigenvalue weighted by Crippen LogP contribution is -2.45. The van der Waals surface area contributed by atoms with Gasteiger partial charge >= 0.3 is 5.97 Å². The van der Waals surface area contributed by atoms with E-state index in [0.717, 1.165) is 27.8 Å². The summed E-state index contributed by atoms with van der Waals surface area (Å²) in [6.07, 6.45) is -0.560. The Labute approximate surface area is 231 Å². The van der Waals surface area contributed by atoms with E-state index in [-0.39, 0.29) is 23.4 Å². The maximum absolute atomic E-state index is 13.1. The molecule has 0 aliphatic heterocycles. The third kappa shape index (κ3) is 9.76. The van der Waals surface area contributed by atoms with Gasteiger partial charge in [0.2, 0.25) is 7.37 Å². The van der Waals surface area contributed by atoms with E-state index in [1.807, 2.05) is 26.0 Å². The van der Waals surface area contributed by atoms with E-state index in [0.29, 0.717) is 6.42 Å². The zero-order chi connectivity index (χ0) is 29.7. The minimum absolute atomic E-state index is 0.0180. The first-order chi connectivity index (χ1) is 17.9. The molecule has 0 aromatic heterocycles. The van der Waals surface area contributed by atoms with Crippen molar-refractivity contribution >= 4 is 19.2 Å². The molecule has 2 aromatic rings. The van der Waals surface area contributed by atoms with Crippen molar-refractivity contribution in [2.45, 2.75) is 73.4 Å². The number of aliphatic hydroxyl groups excluding tert-OH is 1. The zero-order valence-corrected chi connectivity index (χ0v) is 25.0. The van der Waals surface area contributed by atoms with Gasteiger partial charge in [-0.15, -0.1) is 0 Å². The number of carbonyl (C=O) groups is 2. The molecular weight excluding hydrogens is 521 g/mol. The van der Waals surface area contributed by atoms with Crippen LogP contribution in [-0.2, 0) is 31.4 Å². The SMILES string of the molecule is Cc1cc(CP(C)(=O)O)cc(C)c1Cc1ccc(O)c(C(=O)NC(C(=O)OCOC(O)C(C)(C)C)C(C)C)c1. The fraction of sp³-hybridized carbons (Fsp3) is 0.517. The summed E-state index contributed by atoms with van der Waals surface area (Å²) in [5.74, 6) is -1.90. The molecule has 3 atom stereocenters. The van der Waals surface area contributed by atoms with Crippen LogP contribution in [0.25, 0.3) is 0 Å². The third-order valence-electron chi connectivity index (χ3n) is 6.29. The molecule has 2 aromatic carbocycles. The molecule has 0 radical (unpaired) electrons. The predicted molar refractivity (Wildman–Crippen MR) is 150 cm³/mol. The fourth-order valence-corrected chi connectivity index (χ4v) is 4.94. The molecule has 39 heavy (non-hydrogen) atoms. The summed E-state index contributed by atoms with van der Waals surface area (Å²) in [5.41, 5.74) is 3.95. The largest absolute Gasteiger partial charge is 0.507 e. The minimum atomic E-state index is -3.20. The smallest absolute Gasteiger partial charge is 0.331 e. The summed E-state index contributed by atoms with van der Waals surface area (Å²) in [6.45, 7) is 13.5. The topological polar surface area (TPSA) is 142 Å². The standard InChI is InChI=1S/C29H42NO8P/c1-17(2)25(27(33)37-16-38-28(34)29(5,6)7)30-26(32)23-14-20(9-10-24(23)31)13-22-18(3)11-21(12-19(22)4)15-39(8,35)36/h9-12,14,17,25,28,31,34H,13,15-16H2,1-8H3,(H,30,32)(H,35,36). The normalized spacial score (nSPS) is 14.9. The van der Waals surface area contributed by atoms with Gasteiger partial charge in [-0.05, 0) is 66.1 Å². The van der Waals surface area contributed by atoms with Gasteiger partial charge in [-0.1, -0.05) is 52.8 Å². The highest BCUT2D eigenvalue weighted by molar-refractivity contribution is 7.56. The highest BCUT2D eigenvalue weighted by atomic mass is 31.2. The van der Waals surface area contributed by atoms with E-state index in [1.54, 1.807) is 46.8 Å². The van der Waals surface area contributed by atoms with Crippen molar-refractivity contribution in [1.29, 1.82) is 0 Å². The number of aryl methyl sites for hydroxylation is 2. The minimum Gasteiger partial charge on any atom is -0.507 e. The van der Waals surface area contributed by atoms with Crippen LogP contribution in [0.3, 0.4) is 0 Å². The Morgan fingerprint density at radius 3 is 2.15 bits per heavy atom. The number of esters is 1. The summed E-state index contributed by atoms with van der Waals surface area (Å²) < 4.78 is 22.1. The Hall–Kier alpha value is -2.71. The number of hydrogen-bond acceptors (Lipinski definition) is 7. The van der Waals surface area contributed by atoms with Crippen molar-refractivity contribution in [2.75, 3.05) is 13.5 Å². The summed E-state index contributed by atoms with van der Waals surface area (Å²) in [6, 6.07) is 7.52. The highest BCUT2D eigenvalue weighted by Crippen LogP contribution is 2.40. The lowest BCUT2D eigenvalue weighted by molar-refractivity contribution is -0.212. The van der Waals surface area contributed by atoms with Crippen LogP contribution >= 0.6 is 7.37 Å². The maximum Gasteiger partial charge on any atom is 0.331 e. The van der Waals surface area contributed by atoms with Gasteiger partial charge < -0.3 is 29.9 Å². The van der Waals surface area contributed by atoms with E-state index in [4.69, 9.17) is 9.47 Å². The van der Waals surface area contributed by atoms with E-state index >= 15 is 0 Å². The van der Waals surface area contributed by atoms with Gasteiger partial charge in [0.05, 0.1) is 5.56 Å². The summed E-state index contributed by atoms with van der Waals surface area (Å²) >= 11 is 0. The number of phenols is 1. The highest BCUT2D eigenvalue weighted by Gasteiger charge is 2.29. The Morgan fingerprint density at radius 1 is 1.05 bits per heavy atom. The van der Waals surface area contributed by atoms with Crippen LogP contribution in [0.2, 0.25) is 0 Å². The molecule has 216 valence electrons. The van der Waals surface area contributed by atoms with E-state index in [1.165, 1.54) is 12.7 Å². The van der Waals surface area contributed by atoms with Crippen molar-refractivity contribution < 1.29 is 38.7 Å². The van der Waals surface area contributed by atoms with Crippen LogP contribution in [-0.4, -0.2) is 52.8 Å². The lowest BCUT2D eigenvalue weighted by Gasteiger charge is -2.26. The first kappa shape index (κ1) is 32.5. The molecule has 0 aliphatic rings. The Kier molecular flexibility index (Phi) is 10.9. The van der Waals surface area contributed by atoms with E-state index < -0.39 is 43.8 Å². The van der Waals surface area contributed by atoms with Gasteiger partial charge in [0.1, 0.15) is 11.8 Å². The second-order valence-corrected chi connectivity index (χ2v) is 14.0.